The zero-order chi connectivity index (χ0) is 16.8. The fraction of sp³-hybridized carbons (Fsp3) is 0.588. The average molecular weight is 322 g/mol. The van der Waals surface area contributed by atoms with Gasteiger partial charge in [0.15, 0.2) is 0 Å². The Kier molecular flexibility index (Phi) is 6.38. The Labute approximate surface area is 137 Å². The molecule has 0 bridgehead atoms. The first-order chi connectivity index (χ1) is 11.0. The van der Waals surface area contributed by atoms with E-state index in [-0.39, 0.29) is 12.1 Å². The van der Waals surface area contributed by atoms with Crippen LogP contribution in [0.4, 0.5) is 4.79 Å². The lowest BCUT2D eigenvalue weighted by molar-refractivity contribution is -0.292. The SMILES string of the molecule is CCOOCCC1c2ccc(OC(=O)N(C)C)cc2CCN1C. The van der Waals surface area contributed by atoms with Crippen LogP contribution in [0.25, 0.3) is 0 Å². The van der Waals surface area contributed by atoms with Crippen LogP contribution in [0.15, 0.2) is 18.2 Å². The maximum absolute atomic E-state index is 11.7. The van der Waals surface area contributed by atoms with Crippen molar-refractivity contribution >= 4 is 6.09 Å². The number of nitrogens with zero attached hydrogens (tertiary/aromatic N) is 2. The third kappa shape index (κ3) is 4.67. The minimum absolute atomic E-state index is 0.290. The molecule has 0 fully saturated rings. The van der Waals surface area contributed by atoms with Crippen LogP contribution in [0.3, 0.4) is 0 Å². The number of hydrogen-bond donors (Lipinski definition) is 0. The van der Waals surface area contributed by atoms with Crippen molar-refractivity contribution in [3.8, 4) is 5.75 Å². The van der Waals surface area contributed by atoms with Crippen LogP contribution >= 0.6 is 0 Å². The van der Waals surface area contributed by atoms with Gasteiger partial charge in [0.25, 0.3) is 0 Å². The van der Waals surface area contributed by atoms with Crippen molar-refractivity contribution in [2.24, 2.45) is 0 Å². The van der Waals surface area contributed by atoms with E-state index in [2.05, 4.69) is 18.0 Å². The van der Waals surface area contributed by atoms with E-state index in [0.717, 1.165) is 19.4 Å². The van der Waals surface area contributed by atoms with Gasteiger partial charge in [-0.15, -0.1) is 0 Å². The fourth-order valence-electron chi connectivity index (χ4n) is 2.75. The van der Waals surface area contributed by atoms with Crippen LogP contribution in [0, 0.1) is 0 Å². The van der Waals surface area contributed by atoms with Crippen LogP contribution in [-0.4, -0.2) is 56.8 Å². The maximum Gasteiger partial charge on any atom is 0.414 e. The molecular formula is C17H26N2O4. The van der Waals surface area contributed by atoms with Crippen LogP contribution < -0.4 is 4.74 Å². The van der Waals surface area contributed by atoms with Crippen LogP contribution in [0.5, 0.6) is 5.75 Å². The highest BCUT2D eigenvalue weighted by atomic mass is 17.2. The van der Waals surface area contributed by atoms with Gasteiger partial charge < -0.3 is 9.64 Å². The van der Waals surface area contributed by atoms with Crippen molar-refractivity contribution in [3.05, 3.63) is 29.3 Å². The predicted octanol–water partition coefficient (Wildman–Crippen LogP) is 2.63. The molecule has 1 unspecified atom stereocenters. The molecule has 1 aliphatic heterocycles. The zero-order valence-electron chi connectivity index (χ0n) is 14.4. The van der Waals surface area contributed by atoms with Crippen molar-refractivity contribution in [2.45, 2.75) is 25.8 Å². The van der Waals surface area contributed by atoms with E-state index in [0.29, 0.717) is 19.0 Å². The van der Waals surface area contributed by atoms with Gasteiger partial charge in [-0.2, -0.15) is 0 Å². The van der Waals surface area contributed by atoms with Crippen molar-refractivity contribution in [1.29, 1.82) is 0 Å². The molecule has 0 saturated carbocycles. The zero-order valence-corrected chi connectivity index (χ0v) is 14.4. The molecule has 6 heteroatoms. The number of rotatable bonds is 6. The summed E-state index contributed by atoms with van der Waals surface area (Å²) in [5.74, 6) is 0.594. The molecule has 0 aromatic heterocycles. The molecule has 0 spiro atoms. The Bertz CT molecular complexity index is 533. The van der Waals surface area contributed by atoms with Crippen LogP contribution in [-0.2, 0) is 16.2 Å². The summed E-state index contributed by atoms with van der Waals surface area (Å²) < 4.78 is 5.35. The van der Waals surface area contributed by atoms with Gasteiger partial charge in [-0.05, 0) is 50.1 Å². The van der Waals surface area contributed by atoms with Gasteiger partial charge in [0, 0.05) is 26.7 Å². The molecule has 0 saturated heterocycles. The molecule has 0 aliphatic carbocycles. The number of benzene rings is 1. The molecule has 1 atom stereocenters. The van der Waals surface area contributed by atoms with Crippen molar-refractivity contribution in [2.75, 3.05) is 40.9 Å². The van der Waals surface area contributed by atoms with Gasteiger partial charge in [-0.25, -0.2) is 14.6 Å². The first-order valence-corrected chi connectivity index (χ1v) is 7.99. The second kappa shape index (κ2) is 8.29. The summed E-state index contributed by atoms with van der Waals surface area (Å²) in [6, 6.07) is 6.17. The summed E-state index contributed by atoms with van der Waals surface area (Å²) in [6.07, 6.45) is 1.45. The number of amides is 1. The molecule has 1 aromatic carbocycles. The highest BCUT2D eigenvalue weighted by Gasteiger charge is 2.25. The largest absolute Gasteiger partial charge is 0.414 e. The normalized spacial score (nSPS) is 17.7. The molecule has 1 heterocycles. The van der Waals surface area contributed by atoms with Crippen LogP contribution in [0.1, 0.15) is 30.5 Å². The number of carbonyl (C=O) groups is 1. The predicted molar refractivity (Wildman–Crippen MR) is 87.4 cm³/mol. The first kappa shape index (κ1) is 17.7. The summed E-state index contributed by atoms with van der Waals surface area (Å²) in [5.41, 5.74) is 2.50. The third-order valence-electron chi connectivity index (χ3n) is 3.99. The second-order valence-electron chi connectivity index (χ2n) is 5.89. The standard InChI is InChI=1S/C17H26N2O4/c1-5-21-22-11-9-16-15-7-6-14(23-17(20)18(2)3)12-13(15)8-10-19(16)4/h6-7,12,16H,5,8-11H2,1-4H3. The number of ether oxygens (including phenoxy) is 1. The summed E-state index contributed by atoms with van der Waals surface area (Å²) in [6.45, 7) is 3.98. The fourth-order valence-corrected chi connectivity index (χ4v) is 2.75. The van der Waals surface area contributed by atoms with E-state index in [1.165, 1.54) is 16.0 Å². The molecule has 1 aromatic rings. The number of hydrogen-bond acceptors (Lipinski definition) is 5. The van der Waals surface area contributed by atoms with Crippen molar-refractivity contribution in [3.63, 3.8) is 0 Å². The van der Waals surface area contributed by atoms with E-state index in [4.69, 9.17) is 14.5 Å². The minimum Gasteiger partial charge on any atom is -0.410 e. The van der Waals surface area contributed by atoms with Gasteiger partial charge in [0.05, 0.1) is 13.2 Å². The molecule has 0 radical (unpaired) electrons. The van der Waals surface area contributed by atoms with E-state index in [1.807, 2.05) is 19.1 Å². The highest BCUT2D eigenvalue weighted by Crippen LogP contribution is 2.33. The first-order valence-electron chi connectivity index (χ1n) is 7.99. The Morgan fingerprint density at radius 1 is 1.35 bits per heavy atom. The number of likely N-dealkylation sites (N-methyl/N-ethyl adjacent to an activating group) is 1. The monoisotopic (exact) mass is 322 g/mol. The maximum atomic E-state index is 11.7. The van der Waals surface area contributed by atoms with Crippen molar-refractivity contribution in [1.82, 2.24) is 9.80 Å². The molecule has 23 heavy (non-hydrogen) atoms. The lowest BCUT2D eigenvalue weighted by Gasteiger charge is -2.34. The van der Waals surface area contributed by atoms with Gasteiger partial charge in [0.2, 0.25) is 0 Å². The van der Waals surface area contributed by atoms with Crippen molar-refractivity contribution < 1.29 is 19.3 Å². The minimum atomic E-state index is -0.362. The molecule has 6 nitrogen and oxygen atoms in total. The van der Waals surface area contributed by atoms with E-state index in [1.54, 1.807) is 14.1 Å². The molecule has 1 amide bonds. The van der Waals surface area contributed by atoms with E-state index >= 15 is 0 Å². The Morgan fingerprint density at radius 2 is 2.13 bits per heavy atom. The second-order valence-corrected chi connectivity index (χ2v) is 5.89. The highest BCUT2D eigenvalue weighted by molar-refractivity contribution is 5.70. The molecule has 128 valence electrons. The number of carbonyl (C=O) groups excluding carboxylic acids is 1. The summed E-state index contributed by atoms with van der Waals surface area (Å²) in [5, 5.41) is 0. The summed E-state index contributed by atoms with van der Waals surface area (Å²) in [4.78, 5) is 25.5. The molecule has 0 N–H and O–H groups in total. The number of fused-ring (bicyclic) bond motifs is 1. The Hall–Kier alpha value is -1.63. The smallest absolute Gasteiger partial charge is 0.410 e. The van der Waals surface area contributed by atoms with E-state index < -0.39 is 0 Å². The Morgan fingerprint density at radius 3 is 2.83 bits per heavy atom. The summed E-state index contributed by atoms with van der Waals surface area (Å²) in [7, 11) is 5.46. The van der Waals surface area contributed by atoms with Gasteiger partial charge >= 0.3 is 6.09 Å². The van der Waals surface area contributed by atoms with E-state index in [9.17, 15) is 4.79 Å². The molecule has 2 rings (SSSR count). The lowest BCUT2D eigenvalue weighted by Crippen LogP contribution is -2.33. The quantitative estimate of drug-likeness (QED) is 0.458. The molecule has 1 aliphatic rings. The van der Waals surface area contributed by atoms with Gasteiger partial charge in [-0.1, -0.05) is 6.07 Å². The molecular weight excluding hydrogens is 296 g/mol. The van der Waals surface area contributed by atoms with Gasteiger partial charge in [-0.3, -0.25) is 4.90 Å². The third-order valence-corrected chi connectivity index (χ3v) is 3.99. The van der Waals surface area contributed by atoms with Gasteiger partial charge in [0.1, 0.15) is 5.75 Å². The lowest BCUT2D eigenvalue weighted by atomic mass is 9.91. The average Bonchev–Trinajstić information content (AvgIpc) is 2.53. The Balaban J connectivity index is 2.08. The summed E-state index contributed by atoms with van der Waals surface area (Å²) >= 11 is 0. The van der Waals surface area contributed by atoms with Crippen LogP contribution in [0.2, 0.25) is 0 Å². The topological polar surface area (TPSA) is 51.2 Å².